The van der Waals surface area contributed by atoms with Crippen LogP contribution >= 0.6 is 12.4 Å². The molecule has 2 unspecified atom stereocenters. The van der Waals surface area contributed by atoms with E-state index in [9.17, 15) is 4.79 Å². The number of anilines is 1. The number of hydrogen-bond donors (Lipinski definition) is 2. The molecule has 2 fully saturated rings. The molecule has 1 aromatic carbocycles. The third-order valence-corrected chi connectivity index (χ3v) is 4.73. The maximum Gasteiger partial charge on any atom is 0.224 e. The zero-order chi connectivity index (χ0) is 15.4. The lowest BCUT2D eigenvalue weighted by atomic mass is 9.89. The highest BCUT2D eigenvalue weighted by molar-refractivity contribution is 5.90. The first-order chi connectivity index (χ1) is 10.7. The molecular weight excluding hydrogens is 312 g/mol. The van der Waals surface area contributed by atoms with E-state index in [1.807, 2.05) is 31.2 Å². The molecule has 4 nitrogen and oxygen atoms in total. The molecule has 128 valence electrons. The maximum absolute atomic E-state index is 12.3. The van der Waals surface area contributed by atoms with E-state index >= 15 is 0 Å². The minimum atomic E-state index is 0. The molecule has 0 aliphatic carbocycles. The van der Waals surface area contributed by atoms with Gasteiger partial charge in [0.15, 0.2) is 0 Å². The molecule has 1 aromatic rings. The van der Waals surface area contributed by atoms with E-state index in [1.165, 1.54) is 12.8 Å². The van der Waals surface area contributed by atoms with E-state index in [4.69, 9.17) is 4.74 Å². The van der Waals surface area contributed by atoms with Crippen LogP contribution in [0.4, 0.5) is 5.69 Å². The van der Waals surface area contributed by atoms with Crippen LogP contribution in [0.3, 0.4) is 0 Å². The van der Waals surface area contributed by atoms with Gasteiger partial charge in [-0.05, 0) is 56.2 Å². The predicted molar refractivity (Wildman–Crippen MR) is 94.9 cm³/mol. The normalized spacial score (nSPS) is 25.7. The number of amides is 1. The summed E-state index contributed by atoms with van der Waals surface area (Å²) in [5.41, 5.74) is 1.97. The minimum Gasteiger partial charge on any atom is -0.377 e. The van der Waals surface area contributed by atoms with Crippen molar-refractivity contribution < 1.29 is 9.53 Å². The van der Waals surface area contributed by atoms with Crippen molar-refractivity contribution in [2.75, 3.05) is 11.9 Å². The Balaban J connectivity index is 0.00000192. The maximum atomic E-state index is 12.3. The Morgan fingerprint density at radius 1 is 1.30 bits per heavy atom. The van der Waals surface area contributed by atoms with Gasteiger partial charge in [-0.1, -0.05) is 12.1 Å². The van der Waals surface area contributed by atoms with Gasteiger partial charge in [0.1, 0.15) is 0 Å². The van der Waals surface area contributed by atoms with Crippen LogP contribution in [0.25, 0.3) is 0 Å². The number of rotatable bonds is 6. The first-order valence-electron chi connectivity index (χ1n) is 8.45. The van der Waals surface area contributed by atoms with Gasteiger partial charge in [-0.2, -0.15) is 0 Å². The quantitative estimate of drug-likeness (QED) is 0.834. The minimum absolute atomic E-state index is 0. The highest BCUT2D eigenvalue weighted by Crippen LogP contribution is 2.32. The summed E-state index contributed by atoms with van der Waals surface area (Å²) in [7, 11) is 0. The van der Waals surface area contributed by atoms with E-state index in [-0.39, 0.29) is 18.3 Å². The smallest absolute Gasteiger partial charge is 0.224 e. The van der Waals surface area contributed by atoms with Gasteiger partial charge in [0.05, 0.1) is 6.61 Å². The van der Waals surface area contributed by atoms with Gasteiger partial charge in [0, 0.05) is 30.8 Å². The Bertz CT molecular complexity index is 511. The average Bonchev–Trinajstić information content (AvgIpc) is 2.84. The largest absolute Gasteiger partial charge is 0.377 e. The molecule has 2 saturated heterocycles. The summed E-state index contributed by atoms with van der Waals surface area (Å²) >= 11 is 0. The molecule has 2 aliphatic rings. The van der Waals surface area contributed by atoms with Gasteiger partial charge in [-0.25, -0.2) is 0 Å². The third-order valence-electron chi connectivity index (χ3n) is 4.73. The Hall–Kier alpha value is -1.10. The monoisotopic (exact) mass is 338 g/mol. The lowest BCUT2D eigenvalue weighted by Crippen LogP contribution is -2.39. The Morgan fingerprint density at radius 2 is 2.04 bits per heavy atom. The van der Waals surface area contributed by atoms with Crippen LogP contribution in [0, 0.1) is 5.92 Å². The van der Waals surface area contributed by atoms with Crippen molar-refractivity contribution in [3.8, 4) is 0 Å². The molecule has 23 heavy (non-hydrogen) atoms. The van der Waals surface area contributed by atoms with Crippen LogP contribution in [0.5, 0.6) is 0 Å². The van der Waals surface area contributed by atoms with Crippen LogP contribution in [0.1, 0.15) is 44.6 Å². The first kappa shape index (κ1) is 18.2. The SMILES string of the molecule is CCOCc1cccc(NC(=O)CC2CC3CCC(C2)N3)c1.Cl. The molecule has 2 heterocycles. The summed E-state index contributed by atoms with van der Waals surface area (Å²) in [4.78, 5) is 12.3. The van der Waals surface area contributed by atoms with Crippen molar-refractivity contribution in [2.24, 2.45) is 5.92 Å². The van der Waals surface area contributed by atoms with Crippen LogP contribution in [0.2, 0.25) is 0 Å². The lowest BCUT2D eigenvalue weighted by Gasteiger charge is -2.28. The van der Waals surface area contributed by atoms with E-state index < -0.39 is 0 Å². The van der Waals surface area contributed by atoms with Gasteiger partial charge in [-0.3, -0.25) is 4.79 Å². The summed E-state index contributed by atoms with van der Waals surface area (Å²) in [6, 6.07) is 9.22. The summed E-state index contributed by atoms with van der Waals surface area (Å²) in [5, 5.41) is 6.67. The zero-order valence-corrected chi connectivity index (χ0v) is 14.5. The molecule has 2 bridgehead atoms. The molecular formula is C18H27ClN2O2. The average molecular weight is 339 g/mol. The third kappa shape index (κ3) is 5.20. The number of ether oxygens (including phenoxy) is 1. The Labute approximate surface area is 144 Å². The molecule has 0 aromatic heterocycles. The highest BCUT2D eigenvalue weighted by atomic mass is 35.5. The molecule has 3 rings (SSSR count). The molecule has 0 spiro atoms. The first-order valence-corrected chi connectivity index (χ1v) is 8.45. The number of benzene rings is 1. The number of carbonyl (C=O) groups excluding carboxylic acids is 1. The fraction of sp³-hybridized carbons (Fsp3) is 0.611. The Morgan fingerprint density at radius 3 is 2.74 bits per heavy atom. The number of carbonyl (C=O) groups is 1. The van der Waals surface area contributed by atoms with Crippen LogP contribution in [-0.4, -0.2) is 24.6 Å². The van der Waals surface area contributed by atoms with Gasteiger partial charge in [0.2, 0.25) is 5.91 Å². The van der Waals surface area contributed by atoms with E-state index in [2.05, 4.69) is 10.6 Å². The van der Waals surface area contributed by atoms with Crippen molar-refractivity contribution in [1.82, 2.24) is 5.32 Å². The van der Waals surface area contributed by atoms with Crippen molar-refractivity contribution in [3.63, 3.8) is 0 Å². The molecule has 0 radical (unpaired) electrons. The highest BCUT2D eigenvalue weighted by Gasteiger charge is 2.34. The molecule has 0 saturated carbocycles. The number of halogens is 1. The summed E-state index contributed by atoms with van der Waals surface area (Å²) in [5.74, 6) is 0.671. The molecule has 2 atom stereocenters. The lowest BCUT2D eigenvalue weighted by molar-refractivity contribution is -0.117. The van der Waals surface area contributed by atoms with Crippen molar-refractivity contribution in [2.45, 2.75) is 57.7 Å². The van der Waals surface area contributed by atoms with Gasteiger partial charge >= 0.3 is 0 Å². The number of hydrogen-bond acceptors (Lipinski definition) is 3. The second-order valence-electron chi connectivity index (χ2n) is 6.57. The van der Waals surface area contributed by atoms with Gasteiger partial charge in [0.25, 0.3) is 0 Å². The second kappa shape index (κ2) is 8.67. The summed E-state index contributed by atoms with van der Waals surface area (Å²) in [6.45, 7) is 3.28. The van der Waals surface area contributed by atoms with E-state index in [0.717, 1.165) is 24.1 Å². The van der Waals surface area contributed by atoms with E-state index in [0.29, 0.717) is 37.6 Å². The topological polar surface area (TPSA) is 50.4 Å². The molecule has 2 aliphatic heterocycles. The van der Waals surface area contributed by atoms with Crippen molar-refractivity contribution >= 4 is 24.0 Å². The predicted octanol–water partition coefficient (Wildman–Crippen LogP) is 3.50. The number of nitrogens with one attached hydrogen (secondary N) is 2. The fourth-order valence-electron chi connectivity index (χ4n) is 3.77. The molecule has 5 heteroatoms. The van der Waals surface area contributed by atoms with E-state index in [1.54, 1.807) is 0 Å². The van der Waals surface area contributed by atoms with Gasteiger partial charge < -0.3 is 15.4 Å². The number of fused-ring (bicyclic) bond motifs is 2. The zero-order valence-electron chi connectivity index (χ0n) is 13.7. The molecule has 2 N–H and O–H groups in total. The summed E-state index contributed by atoms with van der Waals surface area (Å²) in [6.07, 6.45) is 5.50. The van der Waals surface area contributed by atoms with Crippen LogP contribution in [-0.2, 0) is 16.1 Å². The summed E-state index contributed by atoms with van der Waals surface area (Å²) < 4.78 is 5.41. The van der Waals surface area contributed by atoms with Gasteiger partial charge in [-0.15, -0.1) is 12.4 Å². The standard InChI is InChI=1S/C18H26N2O2.ClH/c1-2-22-12-13-4-3-5-15(8-13)20-18(21)11-14-9-16-6-7-17(10-14)19-16;/h3-5,8,14,16-17,19H,2,6-7,9-12H2,1H3,(H,20,21);1H. The number of piperidine rings is 1. The molecule has 1 amide bonds. The van der Waals surface area contributed by atoms with Crippen molar-refractivity contribution in [1.29, 1.82) is 0 Å². The van der Waals surface area contributed by atoms with Crippen LogP contribution in [0.15, 0.2) is 24.3 Å². The Kier molecular flexibility index (Phi) is 6.88. The van der Waals surface area contributed by atoms with Crippen LogP contribution < -0.4 is 10.6 Å². The van der Waals surface area contributed by atoms with Crippen molar-refractivity contribution in [3.05, 3.63) is 29.8 Å². The fourth-order valence-corrected chi connectivity index (χ4v) is 3.77. The second-order valence-corrected chi connectivity index (χ2v) is 6.57.